The van der Waals surface area contributed by atoms with Crippen molar-refractivity contribution < 1.29 is 5.11 Å². The van der Waals surface area contributed by atoms with Crippen LogP contribution in [0.2, 0.25) is 0 Å². The molecule has 2 aliphatic rings. The number of phenols is 1. The molecular formula is C21H24N6O. The van der Waals surface area contributed by atoms with Gasteiger partial charge in [-0.15, -0.1) is 10.2 Å². The van der Waals surface area contributed by atoms with E-state index < -0.39 is 0 Å². The number of nitrogens with one attached hydrogen (secondary N) is 2. The molecule has 5 rings (SSSR count). The van der Waals surface area contributed by atoms with E-state index in [0.717, 1.165) is 29.8 Å². The van der Waals surface area contributed by atoms with E-state index in [0.29, 0.717) is 29.4 Å². The normalized spacial score (nSPS) is 23.7. The van der Waals surface area contributed by atoms with Crippen LogP contribution in [0.5, 0.6) is 5.75 Å². The first-order valence-electron chi connectivity index (χ1n) is 9.82. The molecule has 0 aliphatic carbocycles. The molecule has 0 spiro atoms. The minimum Gasteiger partial charge on any atom is -0.507 e. The Labute approximate surface area is 163 Å². The molecule has 2 unspecified atom stereocenters. The molecule has 4 heterocycles. The first-order chi connectivity index (χ1) is 13.7. The van der Waals surface area contributed by atoms with Crippen molar-refractivity contribution >= 4 is 5.82 Å². The molecule has 2 aliphatic heterocycles. The lowest BCUT2D eigenvalue weighted by Gasteiger charge is -2.36. The Bertz CT molecular complexity index is 944. The van der Waals surface area contributed by atoms with Crippen LogP contribution in [-0.4, -0.2) is 50.7 Å². The van der Waals surface area contributed by atoms with E-state index in [2.05, 4.69) is 37.7 Å². The summed E-state index contributed by atoms with van der Waals surface area (Å²) >= 11 is 0. The SMILES string of the molecule is CN(c1ccc(-c2ccc(-c3cn[nH]c3)cc2O)nn1)C1CC2CC[C@@H](C1)N2. The van der Waals surface area contributed by atoms with Gasteiger partial charge in [-0.3, -0.25) is 5.10 Å². The molecule has 144 valence electrons. The van der Waals surface area contributed by atoms with Gasteiger partial charge in [-0.05, 0) is 55.5 Å². The average molecular weight is 376 g/mol. The molecule has 28 heavy (non-hydrogen) atoms. The van der Waals surface area contributed by atoms with Crippen molar-refractivity contribution in [2.24, 2.45) is 0 Å². The number of anilines is 1. The minimum atomic E-state index is 0.184. The van der Waals surface area contributed by atoms with Crippen molar-refractivity contribution in [1.82, 2.24) is 25.7 Å². The van der Waals surface area contributed by atoms with Gasteiger partial charge in [-0.25, -0.2) is 0 Å². The average Bonchev–Trinajstić information content (AvgIpc) is 3.37. The number of aromatic nitrogens is 4. The van der Waals surface area contributed by atoms with Crippen LogP contribution in [0.4, 0.5) is 5.82 Å². The first-order valence-corrected chi connectivity index (χ1v) is 9.82. The van der Waals surface area contributed by atoms with Crippen LogP contribution in [0.25, 0.3) is 22.4 Å². The Morgan fingerprint density at radius 1 is 1.04 bits per heavy atom. The number of fused-ring (bicyclic) bond motifs is 2. The van der Waals surface area contributed by atoms with Crippen LogP contribution in [0.1, 0.15) is 25.7 Å². The zero-order chi connectivity index (χ0) is 19.1. The summed E-state index contributed by atoms with van der Waals surface area (Å²) in [5.74, 6) is 1.06. The maximum Gasteiger partial charge on any atom is 0.151 e. The summed E-state index contributed by atoms with van der Waals surface area (Å²) in [6.45, 7) is 0. The first kappa shape index (κ1) is 17.2. The molecule has 7 nitrogen and oxygen atoms in total. The zero-order valence-corrected chi connectivity index (χ0v) is 15.8. The van der Waals surface area contributed by atoms with Crippen LogP contribution < -0.4 is 10.2 Å². The van der Waals surface area contributed by atoms with E-state index in [1.807, 2.05) is 24.3 Å². The maximum atomic E-state index is 10.5. The van der Waals surface area contributed by atoms with Gasteiger partial charge in [-0.1, -0.05) is 6.07 Å². The van der Waals surface area contributed by atoms with Crippen LogP contribution >= 0.6 is 0 Å². The van der Waals surface area contributed by atoms with Gasteiger partial charge in [0.05, 0.1) is 11.9 Å². The number of nitrogens with zero attached hydrogens (tertiary/aromatic N) is 4. The molecule has 0 saturated carbocycles. The third kappa shape index (κ3) is 3.11. The number of rotatable bonds is 4. The molecule has 0 amide bonds. The number of hydrogen-bond donors (Lipinski definition) is 3. The van der Waals surface area contributed by atoms with Crippen molar-refractivity contribution in [1.29, 1.82) is 0 Å². The lowest BCUT2D eigenvalue weighted by atomic mass is 9.98. The monoisotopic (exact) mass is 376 g/mol. The Kier molecular flexibility index (Phi) is 4.24. The van der Waals surface area contributed by atoms with Crippen LogP contribution in [0.15, 0.2) is 42.7 Å². The molecule has 3 atom stereocenters. The third-order valence-electron chi connectivity index (χ3n) is 6.11. The number of piperidine rings is 1. The van der Waals surface area contributed by atoms with E-state index >= 15 is 0 Å². The van der Waals surface area contributed by atoms with Gasteiger partial charge < -0.3 is 15.3 Å². The summed E-state index contributed by atoms with van der Waals surface area (Å²) in [5.41, 5.74) is 3.17. The fourth-order valence-electron chi connectivity index (χ4n) is 4.52. The molecule has 2 saturated heterocycles. The highest BCUT2D eigenvalue weighted by atomic mass is 16.3. The van der Waals surface area contributed by atoms with Gasteiger partial charge in [0.15, 0.2) is 5.82 Å². The van der Waals surface area contributed by atoms with E-state index in [1.165, 1.54) is 12.8 Å². The number of phenolic OH excluding ortho intramolecular Hbond substituents is 1. The molecule has 7 heteroatoms. The van der Waals surface area contributed by atoms with Crippen molar-refractivity contribution in [3.8, 4) is 28.1 Å². The molecule has 2 fully saturated rings. The van der Waals surface area contributed by atoms with Crippen LogP contribution in [-0.2, 0) is 0 Å². The highest BCUT2D eigenvalue weighted by Crippen LogP contribution is 2.33. The Hall–Kier alpha value is -2.93. The number of aromatic hydroxyl groups is 1. The van der Waals surface area contributed by atoms with E-state index in [-0.39, 0.29) is 5.75 Å². The molecule has 2 aromatic heterocycles. The molecule has 2 bridgehead atoms. The van der Waals surface area contributed by atoms with Gasteiger partial charge in [-0.2, -0.15) is 5.10 Å². The maximum absolute atomic E-state index is 10.5. The van der Waals surface area contributed by atoms with Crippen LogP contribution in [0.3, 0.4) is 0 Å². The largest absolute Gasteiger partial charge is 0.507 e. The smallest absolute Gasteiger partial charge is 0.151 e. The lowest BCUT2D eigenvalue weighted by Crippen LogP contribution is -2.47. The number of H-pyrrole nitrogens is 1. The van der Waals surface area contributed by atoms with E-state index in [9.17, 15) is 5.11 Å². The van der Waals surface area contributed by atoms with Gasteiger partial charge in [0.2, 0.25) is 0 Å². The summed E-state index contributed by atoms with van der Waals surface area (Å²) in [6, 6.07) is 11.3. The quantitative estimate of drug-likeness (QED) is 0.649. The summed E-state index contributed by atoms with van der Waals surface area (Å²) in [4.78, 5) is 2.25. The fourth-order valence-corrected chi connectivity index (χ4v) is 4.52. The van der Waals surface area contributed by atoms with Crippen molar-refractivity contribution in [2.45, 2.75) is 43.8 Å². The molecule has 1 aromatic carbocycles. The van der Waals surface area contributed by atoms with Gasteiger partial charge in [0.25, 0.3) is 0 Å². The van der Waals surface area contributed by atoms with E-state index in [1.54, 1.807) is 18.5 Å². The molecule has 3 N–H and O–H groups in total. The highest BCUT2D eigenvalue weighted by molar-refractivity contribution is 5.73. The lowest BCUT2D eigenvalue weighted by molar-refractivity contribution is 0.353. The second-order valence-electron chi connectivity index (χ2n) is 7.87. The Morgan fingerprint density at radius 2 is 1.86 bits per heavy atom. The number of benzene rings is 1. The van der Waals surface area contributed by atoms with Gasteiger partial charge in [0.1, 0.15) is 5.75 Å². The number of hydrogen-bond acceptors (Lipinski definition) is 6. The second-order valence-corrected chi connectivity index (χ2v) is 7.87. The minimum absolute atomic E-state index is 0.184. The fraction of sp³-hybridized carbons (Fsp3) is 0.381. The Morgan fingerprint density at radius 3 is 2.50 bits per heavy atom. The Balaban J connectivity index is 1.35. The topological polar surface area (TPSA) is 90.0 Å². The molecule has 0 radical (unpaired) electrons. The standard InChI is InChI=1S/C21H24N6O/c1-27(17-9-15-3-4-16(10-17)24-15)21-7-6-19(25-26-21)18-5-2-13(8-20(18)28)14-11-22-23-12-14/h2,5-8,11-12,15-17,24,28H,3-4,9-10H2,1H3,(H,22,23)/t15-,16?,17?/m0/s1. The third-order valence-corrected chi connectivity index (χ3v) is 6.11. The molecule has 3 aromatic rings. The van der Waals surface area contributed by atoms with Crippen molar-refractivity contribution in [3.05, 3.63) is 42.7 Å². The van der Waals surface area contributed by atoms with Crippen molar-refractivity contribution in [2.75, 3.05) is 11.9 Å². The highest BCUT2D eigenvalue weighted by Gasteiger charge is 2.35. The summed E-state index contributed by atoms with van der Waals surface area (Å²) in [5, 5.41) is 29.7. The van der Waals surface area contributed by atoms with Gasteiger partial charge >= 0.3 is 0 Å². The van der Waals surface area contributed by atoms with E-state index in [4.69, 9.17) is 0 Å². The zero-order valence-electron chi connectivity index (χ0n) is 15.8. The van der Waals surface area contributed by atoms with Crippen LogP contribution in [0, 0.1) is 0 Å². The number of aromatic amines is 1. The summed E-state index contributed by atoms with van der Waals surface area (Å²) in [6.07, 6.45) is 8.42. The molecular weight excluding hydrogens is 352 g/mol. The predicted molar refractivity (Wildman–Crippen MR) is 108 cm³/mol. The summed E-state index contributed by atoms with van der Waals surface area (Å²) in [7, 11) is 2.11. The van der Waals surface area contributed by atoms with Crippen molar-refractivity contribution in [3.63, 3.8) is 0 Å². The van der Waals surface area contributed by atoms with Gasteiger partial charge in [0, 0.05) is 42.5 Å². The second kappa shape index (κ2) is 6.91. The predicted octanol–water partition coefficient (Wildman–Crippen LogP) is 2.96. The summed E-state index contributed by atoms with van der Waals surface area (Å²) < 4.78 is 0.